The summed E-state index contributed by atoms with van der Waals surface area (Å²) in [6.45, 7) is 1.52. The van der Waals surface area contributed by atoms with E-state index >= 15 is 0 Å². The molecular formula is C12H15FN2OS. The number of hydrogen-bond acceptors (Lipinski definition) is 2. The molecule has 0 amide bonds. The lowest BCUT2D eigenvalue weighted by molar-refractivity contribution is 0.191. The molecule has 0 spiro atoms. The molecule has 2 rings (SSSR count). The molecule has 0 unspecified atom stereocenters. The Balaban J connectivity index is 2.23. The minimum Gasteiger partial charge on any atom is -0.385 e. The van der Waals surface area contributed by atoms with Crippen LogP contribution in [0.3, 0.4) is 0 Å². The molecule has 0 saturated heterocycles. The van der Waals surface area contributed by atoms with Crippen LogP contribution in [0.5, 0.6) is 0 Å². The number of rotatable bonds is 5. The van der Waals surface area contributed by atoms with E-state index in [1.807, 2.05) is 4.57 Å². The van der Waals surface area contributed by atoms with Crippen LogP contribution in [0.4, 0.5) is 4.39 Å². The monoisotopic (exact) mass is 254 g/mol. The van der Waals surface area contributed by atoms with Crippen molar-refractivity contribution in [3.8, 4) is 0 Å². The van der Waals surface area contributed by atoms with Gasteiger partial charge in [0, 0.05) is 20.3 Å². The van der Waals surface area contributed by atoms with Gasteiger partial charge in [-0.05, 0) is 43.3 Å². The number of nitrogens with zero attached hydrogens (tertiary/aromatic N) is 1. The van der Waals surface area contributed by atoms with Gasteiger partial charge in [-0.3, -0.25) is 0 Å². The second kappa shape index (κ2) is 5.42. The number of imidazole rings is 1. The summed E-state index contributed by atoms with van der Waals surface area (Å²) in [6, 6.07) is 4.66. The van der Waals surface area contributed by atoms with Gasteiger partial charge in [-0.1, -0.05) is 0 Å². The number of hydrogen-bond donors (Lipinski definition) is 1. The summed E-state index contributed by atoms with van der Waals surface area (Å²) in [5, 5.41) is 0. The van der Waals surface area contributed by atoms with Gasteiger partial charge in [0.05, 0.1) is 11.0 Å². The second-order valence-electron chi connectivity index (χ2n) is 3.94. The predicted octanol–water partition coefficient (Wildman–Crippen LogP) is 3.26. The zero-order valence-corrected chi connectivity index (χ0v) is 10.5. The van der Waals surface area contributed by atoms with Crippen LogP contribution in [-0.2, 0) is 11.3 Å². The number of ether oxygens (including phenoxy) is 1. The number of halogens is 1. The van der Waals surface area contributed by atoms with Crippen molar-refractivity contribution in [3.63, 3.8) is 0 Å². The van der Waals surface area contributed by atoms with Crippen molar-refractivity contribution in [2.75, 3.05) is 13.7 Å². The summed E-state index contributed by atoms with van der Waals surface area (Å²) in [5.41, 5.74) is 1.70. The van der Waals surface area contributed by atoms with Crippen molar-refractivity contribution >= 4 is 23.3 Å². The molecule has 1 heterocycles. The van der Waals surface area contributed by atoms with Gasteiger partial charge in [0.25, 0.3) is 0 Å². The number of unbranched alkanes of at least 4 members (excludes halogenated alkanes) is 1. The third kappa shape index (κ3) is 2.73. The van der Waals surface area contributed by atoms with Gasteiger partial charge < -0.3 is 14.3 Å². The quantitative estimate of drug-likeness (QED) is 0.655. The van der Waals surface area contributed by atoms with Crippen molar-refractivity contribution in [3.05, 3.63) is 28.8 Å². The Bertz CT molecular complexity index is 561. The van der Waals surface area contributed by atoms with Crippen molar-refractivity contribution in [2.45, 2.75) is 19.4 Å². The fourth-order valence-electron chi connectivity index (χ4n) is 1.86. The number of fused-ring (bicyclic) bond motifs is 1. The van der Waals surface area contributed by atoms with Crippen LogP contribution in [0.25, 0.3) is 11.0 Å². The Morgan fingerprint density at radius 2 is 2.24 bits per heavy atom. The number of H-pyrrole nitrogens is 1. The molecule has 5 heteroatoms. The first-order chi connectivity index (χ1) is 8.22. The summed E-state index contributed by atoms with van der Waals surface area (Å²) in [4.78, 5) is 3.08. The summed E-state index contributed by atoms with van der Waals surface area (Å²) in [7, 11) is 1.69. The third-order valence-corrected chi connectivity index (χ3v) is 3.04. The number of aryl methyl sites for hydroxylation is 1. The SMILES string of the molecule is COCCCCn1c(=S)[nH]c2ccc(F)cc21. The largest absolute Gasteiger partial charge is 0.385 e. The van der Waals surface area contributed by atoms with Crippen molar-refractivity contribution < 1.29 is 9.13 Å². The molecule has 1 aromatic heterocycles. The highest BCUT2D eigenvalue weighted by Crippen LogP contribution is 2.16. The van der Waals surface area contributed by atoms with E-state index in [4.69, 9.17) is 17.0 Å². The lowest BCUT2D eigenvalue weighted by Gasteiger charge is -2.04. The average Bonchev–Trinajstić information content (AvgIpc) is 2.61. The Kier molecular flexibility index (Phi) is 3.91. The Labute approximate surface area is 104 Å². The summed E-state index contributed by atoms with van der Waals surface area (Å²) in [5.74, 6) is -0.239. The van der Waals surface area contributed by atoms with Gasteiger partial charge in [0.15, 0.2) is 4.77 Å². The smallest absolute Gasteiger partial charge is 0.178 e. The van der Waals surface area contributed by atoms with Crippen LogP contribution in [0.2, 0.25) is 0 Å². The molecule has 1 aromatic carbocycles. The normalized spacial score (nSPS) is 11.2. The Morgan fingerprint density at radius 3 is 3.00 bits per heavy atom. The number of aromatic amines is 1. The van der Waals surface area contributed by atoms with E-state index < -0.39 is 0 Å². The maximum Gasteiger partial charge on any atom is 0.178 e. The first-order valence-corrected chi connectivity index (χ1v) is 6.00. The second-order valence-corrected chi connectivity index (χ2v) is 4.33. The minimum absolute atomic E-state index is 0.239. The van der Waals surface area contributed by atoms with Gasteiger partial charge in [0.1, 0.15) is 5.82 Å². The van der Waals surface area contributed by atoms with Crippen LogP contribution in [0, 0.1) is 10.6 Å². The van der Waals surface area contributed by atoms with E-state index in [2.05, 4.69) is 4.98 Å². The average molecular weight is 254 g/mol. The van der Waals surface area contributed by atoms with Gasteiger partial charge in [-0.25, -0.2) is 4.39 Å². The molecule has 0 bridgehead atoms. The van der Waals surface area contributed by atoms with E-state index in [0.717, 1.165) is 37.0 Å². The number of benzene rings is 1. The first-order valence-electron chi connectivity index (χ1n) is 5.59. The van der Waals surface area contributed by atoms with Crippen LogP contribution >= 0.6 is 12.2 Å². The molecule has 17 heavy (non-hydrogen) atoms. The number of nitrogens with one attached hydrogen (secondary N) is 1. The van der Waals surface area contributed by atoms with Crippen molar-refractivity contribution in [2.24, 2.45) is 0 Å². The Hall–Kier alpha value is -1.20. The molecule has 0 aliphatic rings. The van der Waals surface area contributed by atoms with Crippen LogP contribution < -0.4 is 0 Å². The van der Waals surface area contributed by atoms with Gasteiger partial charge in [0.2, 0.25) is 0 Å². The molecule has 1 N–H and O–H groups in total. The standard InChI is InChI=1S/C12H15FN2OS/c1-16-7-3-2-6-15-11-8-9(13)4-5-10(11)14-12(15)17/h4-5,8H,2-3,6-7H2,1H3,(H,14,17). The molecule has 0 radical (unpaired) electrons. The maximum absolute atomic E-state index is 13.2. The van der Waals surface area contributed by atoms with E-state index in [1.54, 1.807) is 13.2 Å². The zero-order valence-electron chi connectivity index (χ0n) is 9.70. The summed E-state index contributed by atoms with van der Waals surface area (Å²) in [6.07, 6.45) is 1.94. The third-order valence-electron chi connectivity index (χ3n) is 2.72. The Morgan fingerprint density at radius 1 is 1.41 bits per heavy atom. The maximum atomic E-state index is 13.2. The number of aromatic nitrogens is 2. The fraction of sp³-hybridized carbons (Fsp3) is 0.417. The molecule has 0 atom stereocenters. The van der Waals surface area contributed by atoms with E-state index in [0.29, 0.717) is 4.77 Å². The summed E-state index contributed by atoms with van der Waals surface area (Å²) < 4.78 is 20.8. The topological polar surface area (TPSA) is 29.9 Å². The highest BCUT2D eigenvalue weighted by atomic mass is 32.1. The molecule has 0 fully saturated rings. The molecule has 0 saturated carbocycles. The summed E-state index contributed by atoms with van der Waals surface area (Å²) >= 11 is 5.23. The first kappa shape index (κ1) is 12.3. The van der Waals surface area contributed by atoms with Crippen LogP contribution in [0.1, 0.15) is 12.8 Å². The minimum atomic E-state index is -0.239. The fourth-order valence-corrected chi connectivity index (χ4v) is 2.16. The lowest BCUT2D eigenvalue weighted by Crippen LogP contribution is -2.00. The van der Waals surface area contributed by atoms with Crippen molar-refractivity contribution in [1.29, 1.82) is 0 Å². The van der Waals surface area contributed by atoms with Gasteiger partial charge in [-0.15, -0.1) is 0 Å². The molecule has 2 aromatic rings. The van der Waals surface area contributed by atoms with Gasteiger partial charge >= 0.3 is 0 Å². The number of methoxy groups -OCH3 is 1. The van der Waals surface area contributed by atoms with E-state index in [-0.39, 0.29) is 5.82 Å². The zero-order chi connectivity index (χ0) is 12.3. The lowest BCUT2D eigenvalue weighted by atomic mass is 10.3. The molecule has 0 aliphatic carbocycles. The molecule has 0 aliphatic heterocycles. The molecule has 92 valence electrons. The van der Waals surface area contributed by atoms with Crippen LogP contribution in [0.15, 0.2) is 18.2 Å². The molecule has 3 nitrogen and oxygen atoms in total. The van der Waals surface area contributed by atoms with E-state index in [1.165, 1.54) is 12.1 Å². The highest BCUT2D eigenvalue weighted by molar-refractivity contribution is 7.71. The molecular weight excluding hydrogens is 239 g/mol. The van der Waals surface area contributed by atoms with Crippen LogP contribution in [-0.4, -0.2) is 23.3 Å². The van der Waals surface area contributed by atoms with Crippen molar-refractivity contribution in [1.82, 2.24) is 9.55 Å². The predicted molar refractivity (Wildman–Crippen MR) is 68.2 cm³/mol. The van der Waals surface area contributed by atoms with E-state index in [9.17, 15) is 4.39 Å². The highest BCUT2D eigenvalue weighted by Gasteiger charge is 2.05. The van der Waals surface area contributed by atoms with Gasteiger partial charge in [-0.2, -0.15) is 0 Å².